The summed E-state index contributed by atoms with van der Waals surface area (Å²) in [6.07, 6.45) is 9.78. The Morgan fingerprint density at radius 3 is 2.41 bits per heavy atom. The first-order chi connectivity index (χ1) is 16.6. The Morgan fingerprint density at radius 2 is 1.62 bits per heavy atom. The first-order valence-electron chi connectivity index (χ1n) is 12.2. The van der Waals surface area contributed by atoms with E-state index in [1.165, 1.54) is 24.9 Å². The number of fused-ring (bicyclic) bond motifs is 2. The van der Waals surface area contributed by atoms with Crippen molar-refractivity contribution >= 4 is 22.2 Å². The van der Waals surface area contributed by atoms with E-state index in [2.05, 4.69) is 83.6 Å². The second-order valence-electron chi connectivity index (χ2n) is 9.58. The highest BCUT2D eigenvalue weighted by molar-refractivity contribution is 5.98. The maximum Gasteiger partial charge on any atom is 0.162 e. The minimum absolute atomic E-state index is 0.586. The summed E-state index contributed by atoms with van der Waals surface area (Å²) >= 11 is 0. The summed E-state index contributed by atoms with van der Waals surface area (Å²) in [5.74, 6) is 0. The van der Waals surface area contributed by atoms with Crippen molar-refractivity contribution in [1.82, 2.24) is 19.6 Å². The summed E-state index contributed by atoms with van der Waals surface area (Å²) < 4.78 is 1.88. The zero-order chi connectivity index (χ0) is 23.2. The van der Waals surface area contributed by atoms with Crippen molar-refractivity contribution in [3.05, 3.63) is 78.9 Å². The molecule has 4 heterocycles. The highest BCUT2D eigenvalue weighted by Gasteiger charge is 2.24. The van der Waals surface area contributed by atoms with Crippen molar-refractivity contribution < 1.29 is 0 Å². The van der Waals surface area contributed by atoms with Gasteiger partial charge in [-0.3, -0.25) is 4.98 Å². The van der Waals surface area contributed by atoms with Gasteiger partial charge >= 0.3 is 0 Å². The van der Waals surface area contributed by atoms with E-state index in [1.54, 1.807) is 0 Å². The second-order valence-corrected chi connectivity index (χ2v) is 9.58. The lowest BCUT2D eigenvalue weighted by molar-refractivity contribution is 0.414. The molecular formula is C29H29N5. The Hall–Kier alpha value is -3.73. The summed E-state index contributed by atoms with van der Waals surface area (Å²) in [6.45, 7) is 6.69. The first kappa shape index (κ1) is 20.8. The van der Waals surface area contributed by atoms with E-state index in [1.807, 2.05) is 29.9 Å². The molecule has 2 aromatic carbocycles. The highest BCUT2D eigenvalue weighted by atomic mass is 15.2. The normalized spacial score (nSPS) is 18.6. The van der Waals surface area contributed by atoms with Gasteiger partial charge in [0.2, 0.25) is 0 Å². The van der Waals surface area contributed by atoms with Crippen LogP contribution in [0.25, 0.3) is 38.8 Å². The molecule has 5 heteroatoms. The van der Waals surface area contributed by atoms with Crippen molar-refractivity contribution in [2.45, 2.75) is 52.1 Å². The number of aromatic nitrogens is 4. The summed E-state index contributed by atoms with van der Waals surface area (Å²) in [4.78, 5) is 12.1. The molecule has 1 aliphatic heterocycles. The number of benzene rings is 2. The fourth-order valence-corrected chi connectivity index (χ4v) is 5.46. The Morgan fingerprint density at radius 1 is 0.824 bits per heavy atom. The molecule has 0 radical (unpaired) electrons. The number of hydrogen-bond acceptors (Lipinski definition) is 4. The average Bonchev–Trinajstić information content (AvgIpc) is 3.27. The summed E-state index contributed by atoms with van der Waals surface area (Å²) in [6, 6.07) is 20.5. The van der Waals surface area contributed by atoms with E-state index >= 15 is 0 Å². The van der Waals surface area contributed by atoms with E-state index in [9.17, 15) is 0 Å². The topological polar surface area (TPSA) is 46.3 Å². The van der Waals surface area contributed by atoms with Gasteiger partial charge in [-0.15, -0.1) is 0 Å². The van der Waals surface area contributed by atoms with Crippen LogP contribution in [0, 0.1) is 6.92 Å². The molecule has 0 bridgehead atoms. The molecule has 6 rings (SSSR count). The minimum Gasteiger partial charge on any atom is -0.366 e. The lowest BCUT2D eigenvalue weighted by Gasteiger charge is -2.41. The van der Waals surface area contributed by atoms with Crippen LogP contribution in [-0.4, -0.2) is 31.7 Å². The zero-order valence-electron chi connectivity index (χ0n) is 19.9. The molecule has 0 amide bonds. The molecule has 34 heavy (non-hydrogen) atoms. The van der Waals surface area contributed by atoms with Crippen LogP contribution >= 0.6 is 0 Å². The predicted octanol–water partition coefficient (Wildman–Crippen LogP) is 6.69. The maximum absolute atomic E-state index is 4.82. The smallest absolute Gasteiger partial charge is 0.162 e. The number of piperidine rings is 1. The number of rotatable bonds is 3. The van der Waals surface area contributed by atoms with Gasteiger partial charge in [-0.05, 0) is 75.4 Å². The van der Waals surface area contributed by atoms with E-state index in [0.717, 1.165) is 44.5 Å². The Bertz CT molecular complexity index is 1470. The third kappa shape index (κ3) is 3.52. The largest absolute Gasteiger partial charge is 0.366 e. The fourth-order valence-electron chi connectivity index (χ4n) is 5.46. The van der Waals surface area contributed by atoms with Crippen molar-refractivity contribution in [2.24, 2.45) is 0 Å². The number of aryl methyl sites for hydroxylation is 1. The van der Waals surface area contributed by atoms with Crippen molar-refractivity contribution in [1.29, 1.82) is 0 Å². The van der Waals surface area contributed by atoms with Crippen LogP contribution in [-0.2, 0) is 0 Å². The zero-order valence-corrected chi connectivity index (χ0v) is 19.9. The van der Waals surface area contributed by atoms with Crippen molar-refractivity contribution in [3.8, 4) is 22.3 Å². The highest BCUT2D eigenvalue weighted by Crippen LogP contribution is 2.33. The predicted molar refractivity (Wildman–Crippen MR) is 139 cm³/mol. The van der Waals surface area contributed by atoms with Gasteiger partial charge in [-0.2, -0.15) is 5.10 Å². The lowest BCUT2D eigenvalue weighted by Crippen LogP contribution is -2.43. The third-order valence-corrected chi connectivity index (χ3v) is 7.21. The summed E-state index contributed by atoms with van der Waals surface area (Å²) in [5, 5.41) is 5.76. The van der Waals surface area contributed by atoms with Gasteiger partial charge in [0.15, 0.2) is 5.65 Å². The summed E-state index contributed by atoms with van der Waals surface area (Å²) in [5.41, 5.74) is 8.50. The van der Waals surface area contributed by atoms with Gasteiger partial charge in [-0.25, -0.2) is 9.50 Å². The van der Waals surface area contributed by atoms with Crippen LogP contribution in [0.15, 0.2) is 73.2 Å². The number of anilines is 1. The van der Waals surface area contributed by atoms with Crippen LogP contribution in [0.2, 0.25) is 0 Å². The van der Waals surface area contributed by atoms with Crippen LogP contribution < -0.4 is 4.90 Å². The molecule has 5 nitrogen and oxygen atoms in total. The molecule has 170 valence electrons. The number of hydrogen-bond donors (Lipinski definition) is 0. The van der Waals surface area contributed by atoms with Crippen molar-refractivity contribution in [3.63, 3.8) is 0 Å². The molecule has 0 N–H and O–H groups in total. The van der Waals surface area contributed by atoms with E-state index in [4.69, 9.17) is 4.98 Å². The van der Waals surface area contributed by atoms with Gasteiger partial charge in [0.05, 0.1) is 11.7 Å². The van der Waals surface area contributed by atoms with E-state index in [-0.39, 0.29) is 0 Å². The monoisotopic (exact) mass is 447 g/mol. The molecule has 0 unspecified atom stereocenters. The van der Waals surface area contributed by atoms with Crippen LogP contribution in [0.4, 0.5) is 5.69 Å². The number of pyridine rings is 1. The van der Waals surface area contributed by atoms with Gasteiger partial charge in [0, 0.05) is 52.4 Å². The molecule has 0 saturated carbocycles. The van der Waals surface area contributed by atoms with E-state index in [0.29, 0.717) is 12.1 Å². The van der Waals surface area contributed by atoms with Crippen molar-refractivity contribution in [2.75, 3.05) is 4.90 Å². The summed E-state index contributed by atoms with van der Waals surface area (Å²) in [7, 11) is 0. The molecular weight excluding hydrogens is 418 g/mol. The molecule has 3 aromatic heterocycles. The Kier molecular flexibility index (Phi) is 5.05. The van der Waals surface area contributed by atoms with E-state index < -0.39 is 0 Å². The SMILES string of the molecule is Cc1ccc2c(-c3cnn4cc(-c5ccc(N6[C@H](C)CCC[C@@H]6C)cc5)cnc34)cccc2n1. The maximum atomic E-state index is 4.82. The quantitative estimate of drug-likeness (QED) is 0.309. The molecule has 0 aliphatic carbocycles. The second kappa shape index (κ2) is 8.24. The first-order valence-corrected chi connectivity index (χ1v) is 12.2. The standard InChI is InChI=1S/C29H29N5/c1-19-10-15-26-25(8-5-9-28(26)32-19)27-17-31-33-18-23(16-30-29(27)33)22-11-13-24(14-12-22)34-20(2)6-4-7-21(34)3/h5,8-18,20-21H,4,6-7H2,1-3H3/t20-,21+. The van der Waals surface area contributed by atoms with Crippen LogP contribution in [0.5, 0.6) is 0 Å². The molecule has 5 aromatic rings. The fraction of sp³-hybridized carbons (Fsp3) is 0.276. The van der Waals surface area contributed by atoms with Crippen LogP contribution in [0.1, 0.15) is 38.8 Å². The van der Waals surface area contributed by atoms with Gasteiger partial charge in [-0.1, -0.05) is 30.3 Å². The lowest BCUT2D eigenvalue weighted by atomic mass is 9.96. The Labute approximate surface area is 200 Å². The van der Waals surface area contributed by atoms with Gasteiger partial charge in [0.25, 0.3) is 0 Å². The molecule has 1 aliphatic rings. The molecule has 2 atom stereocenters. The average molecular weight is 448 g/mol. The van der Waals surface area contributed by atoms with Gasteiger partial charge < -0.3 is 4.90 Å². The molecule has 1 saturated heterocycles. The van der Waals surface area contributed by atoms with Gasteiger partial charge in [0.1, 0.15) is 0 Å². The molecule has 1 fully saturated rings. The molecule has 0 spiro atoms. The third-order valence-electron chi connectivity index (χ3n) is 7.21. The minimum atomic E-state index is 0.586. The van der Waals surface area contributed by atoms with Crippen LogP contribution in [0.3, 0.4) is 0 Å². The Balaban J connectivity index is 1.35. The number of nitrogens with zero attached hydrogens (tertiary/aromatic N) is 5.